The van der Waals surface area contributed by atoms with Crippen LogP contribution in [-0.4, -0.2) is 53.2 Å². The van der Waals surface area contributed by atoms with Crippen LogP contribution >= 0.6 is 0 Å². The Morgan fingerprint density at radius 3 is 3.20 bits per heavy atom. The van der Waals surface area contributed by atoms with Gasteiger partial charge in [0.1, 0.15) is 11.6 Å². The van der Waals surface area contributed by atoms with E-state index in [-0.39, 0.29) is 11.9 Å². The first kappa shape index (κ1) is 12.9. The number of fused-ring (bicyclic) bond motifs is 1. The molecule has 20 heavy (non-hydrogen) atoms. The van der Waals surface area contributed by atoms with Gasteiger partial charge in [-0.2, -0.15) is 5.10 Å². The van der Waals surface area contributed by atoms with Crippen LogP contribution in [0.1, 0.15) is 5.69 Å². The Hall–Kier alpha value is -2.15. The number of piperazine rings is 1. The molecule has 0 saturated carbocycles. The first-order chi connectivity index (χ1) is 9.70. The highest BCUT2D eigenvalue weighted by Crippen LogP contribution is 2.22. The Balaban J connectivity index is 2.05. The second kappa shape index (κ2) is 5.09. The minimum absolute atomic E-state index is 0.00256. The van der Waals surface area contributed by atoms with Gasteiger partial charge >= 0.3 is 0 Å². The number of carbonyl (C=O) groups excluding carboxylic acids is 1. The summed E-state index contributed by atoms with van der Waals surface area (Å²) in [4.78, 5) is 18.6. The van der Waals surface area contributed by atoms with E-state index in [0.29, 0.717) is 6.54 Å². The van der Waals surface area contributed by atoms with E-state index >= 15 is 0 Å². The van der Waals surface area contributed by atoms with Gasteiger partial charge in [-0.05, 0) is 13.0 Å². The van der Waals surface area contributed by atoms with Gasteiger partial charge in [0.25, 0.3) is 0 Å². The standard InChI is InChI=1S/C13H18N6O/c1-9-7-10-12(16-4-6-19(10)17-9)18-5-3-15-8-11(18)13(20)14-2/h4,6-7,11,15H,3,5,8H2,1-2H3,(H,14,20). The number of anilines is 1. The smallest absolute Gasteiger partial charge is 0.243 e. The highest BCUT2D eigenvalue weighted by Gasteiger charge is 2.30. The van der Waals surface area contributed by atoms with E-state index in [2.05, 4.69) is 20.7 Å². The van der Waals surface area contributed by atoms with Crippen LogP contribution in [0.15, 0.2) is 18.5 Å². The van der Waals surface area contributed by atoms with Crippen LogP contribution in [0.3, 0.4) is 0 Å². The fourth-order valence-electron chi connectivity index (χ4n) is 2.61. The number of hydrogen-bond donors (Lipinski definition) is 2. The monoisotopic (exact) mass is 274 g/mol. The molecule has 1 unspecified atom stereocenters. The highest BCUT2D eigenvalue weighted by molar-refractivity contribution is 5.87. The average molecular weight is 274 g/mol. The van der Waals surface area contributed by atoms with Crippen LogP contribution in [0, 0.1) is 6.92 Å². The molecule has 0 bridgehead atoms. The topological polar surface area (TPSA) is 74.6 Å². The number of nitrogens with zero attached hydrogens (tertiary/aromatic N) is 4. The lowest BCUT2D eigenvalue weighted by molar-refractivity contribution is -0.122. The fraction of sp³-hybridized carbons (Fsp3) is 0.462. The van der Waals surface area contributed by atoms with Gasteiger partial charge in [0, 0.05) is 39.1 Å². The summed E-state index contributed by atoms with van der Waals surface area (Å²) >= 11 is 0. The maximum absolute atomic E-state index is 12.0. The van der Waals surface area contributed by atoms with Gasteiger partial charge in [0.2, 0.25) is 5.91 Å². The van der Waals surface area contributed by atoms with Gasteiger partial charge in [-0.25, -0.2) is 9.50 Å². The van der Waals surface area contributed by atoms with E-state index in [1.807, 2.05) is 24.1 Å². The van der Waals surface area contributed by atoms with Crippen LogP contribution < -0.4 is 15.5 Å². The van der Waals surface area contributed by atoms with Crippen LogP contribution in [0.4, 0.5) is 5.82 Å². The molecule has 0 aliphatic carbocycles. The minimum Gasteiger partial charge on any atom is -0.357 e. The molecule has 106 valence electrons. The van der Waals surface area contributed by atoms with Crippen LogP contribution in [0.2, 0.25) is 0 Å². The number of rotatable bonds is 2. The molecule has 1 aliphatic rings. The third-order valence-corrected chi connectivity index (χ3v) is 3.56. The number of hydrogen-bond acceptors (Lipinski definition) is 5. The maximum Gasteiger partial charge on any atom is 0.243 e. The molecule has 7 nitrogen and oxygen atoms in total. The molecular formula is C13H18N6O. The van der Waals surface area contributed by atoms with Gasteiger partial charge in [-0.1, -0.05) is 0 Å². The molecule has 1 amide bonds. The van der Waals surface area contributed by atoms with Crippen molar-refractivity contribution in [3.8, 4) is 0 Å². The molecule has 2 aromatic rings. The number of amides is 1. The number of aromatic nitrogens is 3. The van der Waals surface area contributed by atoms with Crippen LogP contribution in [0.5, 0.6) is 0 Å². The molecule has 3 rings (SSSR count). The highest BCUT2D eigenvalue weighted by atomic mass is 16.2. The van der Waals surface area contributed by atoms with Gasteiger partial charge in [-0.15, -0.1) is 0 Å². The van der Waals surface area contributed by atoms with Crippen molar-refractivity contribution in [3.63, 3.8) is 0 Å². The van der Waals surface area contributed by atoms with E-state index in [1.165, 1.54) is 0 Å². The molecule has 1 atom stereocenters. The number of carbonyl (C=O) groups is 1. The van der Waals surface area contributed by atoms with Crippen LogP contribution in [0.25, 0.3) is 5.52 Å². The average Bonchev–Trinajstić information content (AvgIpc) is 2.86. The summed E-state index contributed by atoms with van der Waals surface area (Å²) in [6, 6.07) is 1.74. The Morgan fingerprint density at radius 2 is 2.40 bits per heavy atom. The minimum atomic E-state index is -0.248. The largest absolute Gasteiger partial charge is 0.357 e. The summed E-state index contributed by atoms with van der Waals surface area (Å²) < 4.78 is 1.81. The van der Waals surface area contributed by atoms with E-state index < -0.39 is 0 Å². The fourth-order valence-corrected chi connectivity index (χ4v) is 2.61. The predicted molar refractivity (Wildman–Crippen MR) is 75.8 cm³/mol. The van der Waals surface area contributed by atoms with Crippen molar-refractivity contribution in [1.29, 1.82) is 0 Å². The second-order valence-corrected chi connectivity index (χ2v) is 4.89. The molecule has 1 saturated heterocycles. The molecule has 1 aliphatic heterocycles. The van der Waals surface area contributed by atoms with Crippen molar-refractivity contribution >= 4 is 17.2 Å². The molecular weight excluding hydrogens is 256 g/mol. The third kappa shape index (κ3) is 2.09. The van der Waals surface area contributed by atoms with Crippen LogP contribution in [-0.2, 0) is 4.79 Å². The first-order valence-corrected chi connectivity index (χ1v) is 6.70. The van der Waals surface area contributed by atoms with Crippen molar-refractivity contribution in [2.45, 2.75) is 13.0 Å². The number of likely N-dealkylation sites (N-methyl/N-ethyl adjacent to an activating group) is 1. The molecule has 1 fully saturated rings. The zero-order valence-electron chi connectivity index (χ0n) is 11.6. The maximum atomic E-state index is 12.0. The lowest BCUT2D eigenvalue weighted by atomic mass is 10.1. The Bertz CT molecular complexity index is 637. The van der Waals surface area contributed by atoms with Crippen molar-refractivity contribution in [3.05, 3.63) is 24.2 Å². The van der Waals surface area contributed by atoms with Gasteiger partial charge in [0.15, 0.2) is 5.82 Å². The van der Waals surface area contributed by atoms with E-state index in [1.54, 1.807) is 17.8 Å². The van der Waals surface area contributed by atoms with Crippen molar-refractivity contribution in [1.82, 2.24) is 25.2 Å². The quantitative estimate of drug-likeness (QED) is 0.777. The van der Waals surface area contributed by atoms with Gasteiger partial charge in [-0.3, -0.25) is 4.79 Å². The Labute approximate surface area is 117 Å². The molecule has 7 heteroatoms. The second-order valence-electron chi connectivity index (χ2n) is 4.89. The molecule has 0 aromatic carbocycles. The number of aryl methyl sites for hydroxylation is 1. The lowest BCUT2D eigenvalue weighted by Gasteiger charge is -2.35. The Kier molecular flexibility index (Phi) is 3.27. The normalized spacial score (nSPS) is 19.3. The van der Waals surface area contributed by atoms with E-state index in [9.17, 15) is 4.79 Å². The first-order valence-electron chi connectivity index (χ1n) is 6.70. The lowest BCUT2D eigenvalue weighted by Crippen LogP contribution is -2.58. The molecule has 2 N–H and O–H groups in total. The summed E-state index contributed by atoms with van der Waals surface area (Å²) in [5, 5.41) is 10.4. The molecule has 0 radical (unpaired) electrons. The molecule has 0 spiro atoms. The molecule has 2 aromatic heterocycles. The van der Waals surface area contributed by atoms with Crippen molar-refractivity contribution in [2.75, 3.05) is 31.6 Å². The van der Waals surface area contributed by atoms with Crippen molar-refractivity contribution < 1.29 is 4.79 Å². The number of nitrogens with one attached hydrogen (secondary N) is 2. The molecule has 3 heterocycles. The SMILES string of the molecule is CNC(=O)C1CNCCN1c1nccn2nc(C)cc12. The summed E-state index contributed by atoms with van der Waals surface area (Å²) in [5.41, 5.74) is 1.87. The van der Waals surface area contributed by atoms with Gasteiger partial charge in [0.05, 0.1) is 5.69 Å². The zero-order chi connectivity index (χ0) is 14.1. The van der Waals surface area contributed by atoms with Gasteiger partial charge < -0.3 is 15.5 Å². The predicted octanol–water partition coefficient (Wildman–Crippen LogP) is -0.438. The third-order valence-electron chi connectivity index (χ3n) is 3.56. The van der Waals surface area contributed by atoms with E-state index in [0.717, 1.165) is 30.1 Å². The summed E-state index contributed by atoms with van der Waals surface area (Å²) in [6.45, 7) is 4.15. The Morgan fingerprint density at radius 1 is 1.55 bits per heavy atom. The summed E-state index contributed by atoms with van der Waals surface area (Å²) in [6.07, 6.45) is 3.54. The summed E-state index contributed by atoms with van der Waals surface area (Å²) in [5.74, 6) is 0.806. The zero-order valence-corrected chi connectivity index (χ0v) is 11.6. The van der Waals surface area contributed by atoms with E-state index in [4.69, 9.17) is 0 Å². The van der Waals surface area contributed by atoms with Crippen molar-refractivity contribution in [2.24, 2.45) is 0 Å². The summed E-state index contributed by atoms with van der Waals surface area (Å²) in [7, 11) is 1.66.